The SMILES string of the molecule is [2H]C(c1ccc(C([2H])([2H])Oc2cccc3c2CN(C2CCC(=O)NC2=O)C3=O)cc1)N1CCOCC1. The molecule has 1 N–H and O–H groups in total. The third-order valence-corrected chi connectivity index (χ3v) is 6.11. The number of hydrogen-bond donors (Lipinski definition) is 1. The first kappa shape index (κ1) is 18.2. The standard InChI is InChI=1S/C25H27N3O5/c29-23-9-8-21(24(30)26-23)28-15-20-19(25(28)31)2-1-3-22(20)33-16-18-6-4-17(5-7-18)14-27-10-12-32-13-11-27/h1-7,21H,8-16H2,(H,26,29,30)/i14D,16D2. The molecule has 5 rings (SSSR count). The maximum absolute atomic E-state index is 13.0. The second-order valence-electron chi connectivity index (χ2n) is 8.29. The molecule has 8 nitrogen and oxygen atoms in total. The van der Waals surface area contributed by atoms with Gasteiger partial charge in [0.15, 0.2) is 0 Å². The van der Waals surface area contributed by atoms with Gasteiger partial charge < -0.3 is 14.4 Å². The number of morpholine rings is 1. The van der Waals surface area contributed by atoms with Crippen molar-refractivity contribution >= 4 is 17.7 Å². The topological polar surface area (TPSA) is 88.2 Å². The minimum absolute atomic E-state index is 0.0890. The van der Waals surface area contributed by atoms with Crippen LogP contribution in [-0.4, -0.2) is 59.9 Å². The number of imide groups is 1. The number of benzene rings is 2. The fraction of sp³-hybridized carbons (Fsp3) is 0.400. The predicted molar refractivity (Wildman–Crippen MR) is 119 cm³/mol. The molecule has 0 radical (unpaired) electrons. The van der Waals surface area contributed by atoms with Gasteiger partial charge in [0.2, 0.25) is 11.8 Å². The molecule has 8 heteroatoms. The second-order valence-corrected chi connectivity index (χ2v) is 8.29. The van der Waals surface area contributed by atoms with Crippen molar-refractivity contribution in [3.05, 3.63) is 64.7 Å². The minimum atomic E-state index is -2.20. The van der Waals surface area contributed by atoms with Crippen LogP contribution < -0.4 is 10.1 Å². The van der Waals surface area contributed by atoms with E-state index in [-0.39, 0.29) is 42.5 Å². The van der Waals surface area contributed by atoms with Crippen molar-refractivity contribution in [1.29, 1.82) is 0 Å². The summed E-state index contributed by atoms with van der Waals surface area (Å²) in [5.41, 5.74) is 1.89. The van der Waals surface area contributed by atoms with Gasteiger partial charge in [-0.05, 0) is 29.7 Å². The zero-order chi connectivity index (χ0) is 25.4. The summed E-state index contributed by atoms with van der Waals surface area (Å²) in [5.74, 6) is -0.990. The quantitative estimate of drug-likeness (QED) is 0.674. The second kappa shape index (κ2) is 9.33. The van der Waals surface area contributed by atoms with E-state index >= 15 is 0 Å². The van der Waals surface area contributed by atoms with E-state index in [1.807, 2.05) is 4.90 Å². The van der Waals surface area contributed by atoms with Gasteiger partial charge in [-0.15, -0.1) is 0 Å². The number of carbonyl (C=O) groups is 3. The minimum Gasteiger partial charge on any atom is -0.489 e. The lowest BCUT2D eigenvalue weighted by molar-refractivity contribution is -0.136. The Hall–Kier alpha value is -3.23. The normalized spacial score (nSPS) is 23.9. The van der Waals surface area contributed by atoms with Crippen LogP contribution in [0.15, 0.2) is 42.5 Å². The molecule has 2 atom stereocenters. The summed E-state index contributed by atoms with van der Waals surface area (Å²) in [6.45, 7) is -0.137. The summed E-state index contributed by atoms with van der Waals surface area (Å²) in [6.07, 6.45) is 0.401. The van der Waals surface area contributed by atoms with E-state index in [9.17, 15) is 14.4 Å². The van der Waals surface area contributed by atoms with Crippen LogP contribution >= 0.6 is 0 Å². The van der Waals surface area contributed by atoms with Crippen LogP contribution in [0.2, 0.25) is 0 Å². The number of fused-ring (bicyclic) bond motifs is 1. The van der Waals surface area contributed by atoms with Crippen molar-refractivity contribution < 1.29 is 28.0 Å². The molecule has 0 aliphatic carbocycles. The van der Waals surface area contributed by atoms with Crippen LogP contribution in [0, 0.1) is 0 Å². The van der Waals surface area contributed by atoms with E-state index in [1.54, 1.807) is 42.5 Å². The molecule has 2 fully saturated rings. The van der Waals surface area contributed by atoms with Gasteiger partial charge in [0.25, 0.3) is 5.91 Å². The van der Waals surface area contributed by atoms with Crippen LogP contribution in [0.3, 0.4) is 0 Å². The number of carbonyl (C=O) groups excluding carboxylic acids is 3. The average molecular weight is 453 g/mol. The molecule has 2 unspecified atom stereocenters. The van der Waals surface area contributed by atoms with Gasteiger partial charge >= 0.3 is 0 Å². The molecule has 3 heterocycles. The number of rotatable bonds is 6. The summed E-state index contributed by atoms with van der Waals surface area (Å²) in [5, 5.41) is 2.28. The number of nitrogens with one attached hydrogen (secondary N) is 1. The molecule has 33 heavy (non-hydrogen) atoms. The number of piperidine rings is 1. The Bertz CT molecular complexity index is 1180. The molecular formula is C25H27N3O5. The van der Waals surface area contributed by atoms with Gasteiger partial charge in [0, 0.05) is 38.5 Å². The van der Waals surface area contributed by atoms with E-state index in [1.165, 1.54) is 4.90 Å². The summed E-state index contributed by atoms with van der Waals surface area (Å²) >= 11 is 0. The molecule has 0 aromatic heterocycles. The van der Waals surface area contributed by atoms with Gasteiger partial charge in [-0.25, -0.2) is 0 Å². The zero-order valence-electron chi connectivity index (χ0n) is 21.1. The van der Waals surface area contributed by atoms with Crippen molar-refractivity contribution in [3.63, 3.8) is 0 Å². The predicted octanol–water partition coefficient (Wildman–Crippen LogP) is 1.86. The number of hydrogen-bond acceptors (Lipinski definition) is 6. The molecule has 172 valence electrons. The van der Waals surface area contributed by atoms with Crippen molar-refractivity contribution in [2.75, 3.05) is 26.3 Å². The Morgan fingerprint density at radius 3 is 2.58 bits per heavy atom. The van der Waals surface area contributed by atoms with Crippen LogP contribution in [0.4, 0.5) is 0 Å². The van der Waals surface area contributed by atoms with Crippen LogP contribution in [-0.2, 0) is 34.0 Å². The summed E-state index contributed by atoms with van der Waals surface area (Å²) < 4.78 is 36.8. The van der Waals surface area contributed by atoms with Gasteiger partial charge in [0.05, 0.1) is 22.5 Å². The van der Waals surface area contributed by atoms with Gasteiger partial charge in [-0.2, -0.15) is 0 Å². The molecule has 0 saturated carbocycles. The Labute approximate surface area is 196 Å². The summed E-state index contributed by atoms with van der Waals surface area (Å²) in [4.78, 5) is 40.3. The van der Waals surface area contributed by atoms with E-state index in [0.29, 0.717) is 37.4 Å². The fourth-order valence-corrected chi connectivity index (χ4v) is 4.32. The first-order valence-electron chi connectivity index (χ1n) is 12.6. The summed E-state index contributed by atoms with van der Waals surface area (Å²) in [7, 11) is 0. The van der Waals surface area contributed by atoms with Crippen LogP contribution in [0.25, 0.3) is 0 Å². The van der Waals surface area contributed by atoms with Crippen LogP contribution in [0.5, 0.6) is 5.75 Å². The lowest BCUT2D eigenvalue weighted by Gasteiger charge is -2.29. The highest BCUT2D eigenvalue weighted by molar-refractivity contribution is 6.05. The molecule has 0 bridgehead atoms. The Morgan fingerprint density at radius 2 is 1.82 bits per heavy atom. The highest BCUT2D eigenvalue weighted by Gasteiger charge is 2.40. The molecule has 3 amide bonds. The maximum Gasteiger partial charge on any atom is 0.255 e. The molecule has 2 saturated heterocycles. The van der Waals surface area contributed by atoms with Crippen LogP contribution in [0.1, 0.15) is 44.0 Å². The number of nitrogens with zero attached hydrogens (tertiary/aromatic N) is 2. The van der Waals surface area contributed by atoms with Crippen molar-refractivity contribution in [3.8, 4) is 5.75 Å². The number of amides is 3. The maximum atomic E-state index is 13.0. The first-order chi connectivity index (χ1) is 17.2. The van der Waals surface area contributed by atoms with Crippen molar-refractivity contribution in [1.82, 2.24) is 15.1 Å². The molecule has 0 spiro atoms. The third-order valence-electron chi connectivity index (χ3n) is 6.11. The molecule has 2 aromatic carbocycles. The molecule has 2 aromatic rings. The van der Waals surface area contributed by atoms with E-state index in [4.69, 9.17) is 13.6 Å². The van der Waals surface area contributed by atoms with Crippen molar-refractivity contribution in [2.45, 2.75) is 38.5 Å². The highest BCUT2D eigenvalue weighted by atomic mass is 16.5. The monoisotopic (exact) mass is 452 g/mol. The van der Waals surface area contributed by atoms with E-state index < -0.39 is 25.0 Å². The van der Waals surface area contributed by atoms with E-state index in [2.05, 4.69) is 5.32 Å². The Morgan fingerprint density at radius 1 is 1.06 bits per heavy atom. The largest absolute Gasteiger partial charge is 0.489 e. The molecule has 3 aliphatic rings. The average Bonchev–Trinajstić information content (AvgIpc) is 3.21. The highest BCUT2D eigenvalue weighted by Crippen LogP contribution is 2.34. The van der Waals surface area contributed by atoms with Gasteiger partial charge in [0.1, 0.15) is 18.4 Å². The van der Waals surface area contributed by atoms with Gasteiger partial charge in [-0.1, -0.05) is 30.3 Å². The van der Waals surface area contributed by atoms with Gasteiger partial charge in [-0.3, -0.25) is 24.6 Å². The smallest absolute Gasteiger partial charge is 0.255 e. The first-order valence-corrected chi connectivity index (χ1v) is 11.0. The molecule has 3 aliphatic heterocycles. The lowest BCUT2D eigenvalue weighted by Crippen LogP contribution is -2.52. The Kier molecular flexibility index (Phi) is 5.15. The third kappa shape index (κ3) is 4.62. The number of ether oxygens (including phenoxy) is 2. The zero-order valence-corrected chi connectivity index (χ0v) is 18.1. The van der Waals surface area contributed by atoms with Crippen molar-refractivity contribution in [2.24, 2.45) is 0 Å². The molecular weight excluding hydrogens is 422 g/mol. The fourth-order valence-electron chi connectivity index (χ4n) is 4.32. The lowest BCUT2D eigenvalue weighted by atomic mass is 10.0. The Balaban J connectivity index is 1.32. The van der Waals surface area contributed by atoms with E-state index in [0.717, 1.165) is 5.56 Å². The summed E-state index contributed by atoms with van der Waals surface area (Å²) in [6, 6.07) is 10.8.